The number of hydrogen-bond donors (Lipinski definition) is 1. The molecule has 28 heavy (non-hydrogen) atoms. The van der Waals surface area contributed by atoms with Crippen LogP contribution in [0.1, 0.15) is 12.1 Å². The Morgan fingerprint density at radius 2 is 1.89 bits per heavy atom. The molecule has 4 aromatic rings. The van der Waals surface area contributed by atoms with Crippen molar-refractivity contribution in [3.8, 4) is 11.3 Å². The predicted octanol–water partition coefficient (Wildman–Crippen LogP) is 5.47. The van der Waals surface area contributed by atoms with E-state index in [0.717, 1.165) is 27.1 Å². The van der Waals surface area contributed by atoms with Gasteiger partial charge < -0.3 is 9.72 Å². The lowest BCUT2D eigenvalue weighted by atomic mass is 10.1. The largest absolute Gasteiger partial charge is 0.326 e. The van der Waals surface area contributed by atoms with Crippen LogP contribution >= 0.6 is 15.9 Å². The third kappa shape index (κ3) is 3.97. The lowest BCUT2D eigenvalue weighted by Crippen LogP contribution is -2.13. The second kappa shape index (κ2) is 7.94. The summed E-state index contributed by atoms with van der Waals surface area (Å²) in [6.07, 6.45) is 2.73. The molecule has 0 unspecified atom stereocenters. The summed E-state index contributed by atoms with van der Waals surface area (Å²) in [5, 5.41) is 2.75. The summed E-state index contributed by atoms with van der Waals surface area (Å²) in [4.78, 5) is 17.1. The first-order valence-corrected chi connectivity index (χ1v) is 9.67. The summed E-state index contributed by atoms with van der Waals surface area (Å²) in [5.74, 6) is -0.546. The summed E-state index contributed by atoms with van der Waals surface area (Å²) >= 11 is 3.45. The lowest BCUT2D eigenvalue weighted by molar-refractivity contribution is -0.116. The van der Waals surface area contributed by atoms with Gasteiger partial charge >= 0.3 is 0 Å². The standard InChI is InChI=1S/C22H17BrFN3O/c23-16-9-7-15(8-10-16)22-19(27-13-2-1-6-20(27)26-22)11-12-21(28)25-18-5-3-4-17(24)14-18/h1-10,13-14H,11-12H2,(H,25,28). The van der Waals surface area contributed by atoms with Gasteiger partial charge in [0.25, 0.3) is 0 Å². The molecule has 0 atom stereocenters. The van der Waals surface area contributed by atoms with E-state index in [4.69, 9.17) is 4.98 Å². The molecule has 0 bridgehead atoms. The summed E-state index contributed by atoms with van der Waals surface area (Å²) in [7, 11) is 0. The van der Waals surface area contributed by atoms with Crippen molar-refractivity contribution in [3.05, 3.63) is 88.9 Å². The smallest absolute Gasteiger partial charge is 0.224 e. The zero-order chi connectivity index (χ0) is 19.5. The van der Waals surface area contributed by atoms with Gasteiger partial charge in [-0.3, -0.25) is 4.79 Å². The second-order valence-corrected chi connectivity index (χ2v) is 7.32. The van der Waals surface area contributed by atoms with Crippen molar-refractivity contribution in [2.24, 2.45) is 0 Å². The van der Waals surface area contributed by atoms with E-state index in [1.165, 1.54) is 12.1 Å². The zero-order valence-corrected chi connectivity index (χ0v) is 16.5. The maximum Gasteiger partial charge on any atom is 0.224 e. The molecule has 0 radical (unpaired) electrons. The Morgan fingerprint density at radius 1 is 1.07 bits per heavy atom. The van der Waals surface area contributed by atoms with E-state index in [9.17, 15) is 9.18 Å². The Labute approximate surface area is 170 Å². The lowest BCUT2D eigenvalue weighted by Gasteiger charge is -2.07. The number of carbonyl (C=O) groups is 1. The van der Waals surface area contributed by atoms with E-state index in [1.54, 1.807) is 12.1 Å². The highest BCUT2D eigenvalue weighted by molar-refractivity contribution is 9.10. The van der Waals surface area contributed by atoms with Gasteiger partial charge in [-0.2, -0.15) is 0 Å². The van der Waals surface area contributed by atoms with Gasteiger partial charge in [0.05, 0.1) is 11.4 Å². The van der Waals surface area contributed by atoms with Gasteiger partial charge in [0.2, 0.25) is 5.91 Å². The molecular formula is C22H17BrFN3O. The summed E-state index contributed by atoms with van der Waals surface area (Å²) in [5.41, 5.74) is 4.11. The van der Waals surface area contributed by atoms with Crippen LogP contribution in [0.25, 0.3) is 16.9 Å². The third-order valence-corrected chi connectivity index (χ3v) is 4.97. The van der Waals surface area contributed by atoms with Crippen LogP contribution in [0, 0.1) is 5.82 Å². The molecule has 140 valence electrons. The molecule has 1 N–H and O–H groups in total. The Bertz CT molecular complexity index is 1140. The first-order chi connectivity index (χ1) is 13.6. The third-order valence-electron chi connectivity index (χ3n) is 4.44. The molecule has 0 saturated heterocycles. The van der Waals surface area contributed by atoms with Gasteiger partial charge in [-0.1, -0.05) is 40.2 Å². The molecule has 0 spiro atoms. The molecule has 2 aromatic carbocycles. The number of halogens is 2. The molecule has 4 rings (SSSR count). The highest BCUT2D eigenvalue weighted by atomic mass is 79.9. The highest BCUT2D eigenvalue weighted by Gasteiger charge is 2.15. The van der Waals surface area contributed by atoms with Crippen molar-refractivity contribution < 1.29 is 9.18 Å². The fourth-order valence-electron chi connectivity index (χ4n) is 3.15. The minimum atomic E-state index is -0.378. The van der Waals surface area contributed by atoms with E-state index in [-0.39, 0.29) is 18.1 Å². The van der Waals surface area contributed by atoms with Gasteiger partial charge in [-0.05, 0) is 48.9 Å². The number of fused-ring (bicyclic) bond motifs is 1. The number of rotatable bonds is 5. The van der Waals surface area contributed by atoms with Crippen molar-refractivity contribution in [2.75, 3.05) is 5.32 Å². The summed E-state index contributed by atoms with van der Waals surface area (Å²) < 4.78 is 16.3. The van der Waals surface area contributed by atoms with Crippen LogP contribution in [0.15, 0.2) is 77.4 Å². The number of pyridine rings is 1. The molecule has 6 heteroatoms. The zero-order valence-electron chi connectivity index (χ0n) is 14.9. The first kappa shape index (κ1) is 18.4. The van der Waals surface area contributed by atoms with E-state index >= 15 is 0 Å². The number of anilines is 1. The SMILES string of the molecule is O=C(CCc1c(-c2ccc(Br)cc2)nc2ccccn12)Nc1cccc(F)c1. The highest BCUT2D eigenvalue weighted by Crippen LogP contribution is 2.27. The Hall–Kier alpha value is -2.99. The van der Waals surface area contributed by atoms with Crippen LogP contribution in [0.5, 0.6) is 0 Å². The molecule has 2 aromatic heterocycles. The molecule has 2 heterocycles. The van der Waals surface area contributed by atoms with E-state index in [0.29, 0.717) is 12.1 Å². The van der Waals surface area contributed by atoms with Crippen LogP contribution < -0.4 is 5.32 Å². The number of aryl methyl sites for hydroxylation is 1. The Balaban J connectivity index is 1.59. The van der Waals surface area contributed by atoms with Crippen LogP contribution in [0.3, 0.4) is 0 Å². The maximum absolute atomic E-state index is 13.3. The molecule has 0 aliphatic heterocycles. The quantitative estimate of drug-likeness (QED) is 0.449. The molecule has 0 aliphatic carbocycles. The Kier molecular flexibility index (Phi) is 5.21. The predicted molar refractivity (Wildman–Crippen MR) is 112 cm³/mol. The topological polar surface area (TPSA) is 46.4 Å². The fourth-order valence-corrected chi connectivity index (χ4v) is 3.41. The fraction of sp³-hybridized carbons (Fsp3) is 0.0909. The van der Waals surface area contributed by atoms with E-state index in [1.807, 2.05) is 53.1 Å². The molecule has 1 amide bonds. The Morgan fingerprint density at radius 3 is 2.68 bits per heavy atom. The van der Waals surface area contributed by atoms with Crippen LogP contribution in [0.4, 0.5) is 10.1 Å². The van der Waals surface area contributed by atoms with Crippen LogP contribution in [-0.2, 0) is 11.2 Å². The summed E-state index contributed by atoms with van der Waals surface area (Å²) in [6, 6.07) is 19.7. The second-order valence-electron chi connectivity index (χ2n) is 6.40. The van der Waals surface area contributed by atoms with Crippen LogP contribution in [0.2, 0.25) is 0 Å². The van der Waals surface area contributed by atoms with Crippen molar-refractivity contribution in [1.82, 2.24) is 9.38 Å². The molecule has 0 aliphatic rings. The number of amides is 1. The first-order valence-electron chi connectivity index (χ1n) is 8.87. The van der Waals surface area contributed by atoms with Gasteiger partial charge in [-0.15, -0.1) is 0 Å². The average Bonchev–Trinajstić information content (AvgIpc) is 3.05. The van der Waals surface area contributed by atoms with Crippen LogP contribution in [-0.4, -0.2) is 15.3 Å². The summed E-state index contributed by atoms with van der Waals surface area (Å²) in [6.45, 7) is 0. The normalized spacial score (nSPS) is 10.9. The minimum Gasteiger partial charge on any atom is -0.326 e. The number of aromatic nitrogens is 2. The molecule has 4 nitrogen and oxygen atoms in total. The number of imidazole rings is 1. The number of nitrogens with zero attached hydrogens (tertiary/aromatic N) is 2. The van der Waals surface area contributed by atoms with Crippen molar-refractivity contribution in [3.63, 3.8) is 0 Å². The van der Waals surface area contributed by atoms with Crippen molar-refractivity contribution in [2.45, 2.75) is 12.8 Å². The van der Waals surface area contributed by atoms with Crippen molar-refractivity contribution in [1.29, 1.82) is 0 Å². The van der Waals surface area contributed by atoms with Gasteiger partial charge in [0.1, 0.15) is 11.5 Å². The van der Waals surface area contributed by atoms with Gasteiger partial charge in [-0.25, -0.2) is 9.37 Å². The number of hydrogen-bond acceptors (Lipinski definition) is 2. The van der Waals surface area contributed by atoms with Gasteiger partial charge in [0.15, 0.2) is 0 Å². The van der Waals surface area contributed by atoms with E-state index in [2.05, 4.69) is 21.2 Å². The average molecular weight is 438 g/mol. The number of nitrogens with one attached hydrogen (secondary N) is 1. The minimum absolute atomic E-state index is 0.168. The molecule has 0 saturated carbocycles. The molecular weight excluding hydrogens is 421 g/mol. The van der Waals surface area contributed by atoms with Gasteiger partial charge in [0, 0.05) is 28.3 Å². The number of benzene rings is 2. The van der Waals surface area contributed by atoms with Crippen molar-refractivity contribution >= 4 is 33.2 Å². The monoisotopic (exact) mass is 437 g/mol. The number of carbonyl (C=O) groups excluding carboxylic acids is 1. The maximum atomic E-state index is 13.3. The molecule has 0 fully saturated rings. The van der Waals surface area contributed by atoms with E-state index < -0.39 is 0 Å².